The highest BCUT2D eigenvalue weighted by Gasteiger charge is 2.38. The normalized spacial score (nSPS) is 13.0. The van der Waals surface area contributed by atoms with Gasteiger partial charge in [0.15, 0.2) is 0 Å². The predicted molar refractivity (Wildman–Crippen MR) is 78.0 cm³/mol. The Labute approximate surface area is 125 Å². The van der Waals surface area contributed by atoms with E-state index in [1.807, 2.05) is 0 Å². The quantitative estimate of drug-likeness (QED) is 0.283. The minimum absolute atomic E-state index is 0.503. The summed E-state index contributed by atoms with van der Waals surface area (Å²) < 4.78 is 41.4. The average molecular weight is 308 g/mol. The number of unbranched alkanes of at least 4 members (excludes halogenated alkanes) is 7. The molecule has 0 aromatic carbocycles. The lowest BCUT2D eigenvalue weighted by Crippen LogP contribution is -2.24. The molecule has 0 radical (unpaired) electrons. The Morgan fingerprint density at radius 1 is 1.05 bits per heavy atom. The molecule has 0 saturated carbocycles. The molecule has 0 aliphatic carbocycles. The van der Waals surface area contributed by atoms with Crippen molar-refractivity contribution in [2.45, 2.75) is 83.9 Å². The first kappa shape index (κ1) is 20.0. The third kappa shape index (κ3) is 10.4. The van der Waals surface area contributed by atoms with E-state index in [0.717, 1.165) is 19.3 Å². The van der Waals surface area contributed by atoms with Crippen LogP contribution in [0.3, 0.4) is 0 Å². The molecule has 0 fully saturated rings. The molecule has 0 aromatic heterocycles. The zero-order valence-corrected chi connectivity index (χ0v) is 13.1. The zero-order chi connectivity index (χ0) is 16.3. The van der Waals surface area contributed by atoms with Crippen LogP contribution < -0.4 is 0 Å². The van der Waals surface area contributed by atoms with Crippen molar-refractivity contribution in [2.24, 2.45) is 0 Å². The van der Waals surface area contributed by atoms with E-state index < -0.39 is 23.8 Å². The summed E-state index contributed by atoms with van der Waals surface area (Å²) in [5.41, 5.74) is -1.44. The molecule has 5 heteroatoms. The van der Waals surface area contributed by atoms with Gasteiger partial charge in [0.25, 0.3) is 0 Å². The van der Waals surface area contributed by atoms with Crippen LogP contribution in [0.2, 0.25) is 0 Å². The van der Waals surface area contributed by atoms with Gasteiger partial charge in [-0.3, -0.25) is 0 Å². The van der Waals surface area contributed by atoms with Crippen molar-refractivity contribution < 1.29 is 22.7 Å². The van der Waals surface area contributed by atoms with Crippen LogP contribution in [0, 0.1) is 0 Å². The van der Waals surface area contributed by atoms with E-state index in [4.69, 9.17) is 4.74 Å². The van der Waals surface area contributed by atoms with Crippen molar-refractivity contribution in [1.82, 2.24) is 0 Å². The SMILES string of the molecule is C=C(C(=O)OC(C)CCCCCCCCCC)C(F)(F)F. The number of rotatable bonds is 11. The summed E-state index contributed by atoms with van der Waals surface area (Å²) in [5.74, 6) is -1.37. The fourth-order valence-corrected chi connectivity index (χ4v) is 1.99. The van der Waals surface area contributed by atoms with Gasteiger partial charge in [0.05, 0.1) is 6.10 Å². The first-order valence-corrected chi connectivity index (χ1v) is 7.76. The Morgan fingerprint density at radius 2 is 1.52 bits per heavy atom. The highest BCUT2D eigenvalue weighted by atomic mass is 19.4. The monoisotopic (exact) mass is 308 g/mol. The number of hydrogen-bond acceptors (Lipinski definition) is 2. The van der Waals surface area contributed by atoms with E-state index in [1.54, 1.807) is 6.92 Å². The van der Waals surface area contributed by atoms with E-state index in [2.05, 4.69) is 13.5 Å². The van der Waals surface area contributed by atoms with Gasteiger partial charge in [-0.25, -0.2) is 4.79 Å². The smallest absolute Gasteiger partial charge is 0.422 e. The van der Waals surface area contributed by atoms with E-state index in [0.29, 0.717) is 6.42 Å². The Kier molecular flexibility index (Phi) is 10.2. The van der Waals surface area contributed by atoms with Crippen LogP contribution in [0.5, 0.6) is 0 Å². The average Bonchev–Trinajstić information content (AvgIpc) is 2.39. The fourth-order valence-electron chi connectivity index (χ4n) is 1.99. The number of alkyl halides is 3. The molecule has 21 heavy (non-hydrogen) atoms. The van der Waals surface area contributed by atoms with Gasteiger partial charge in [-0.15, -0.1) is 0 Å². The van der Waals surface area contributed by atoms with Gasteiger partial charge in [0.1, 0.15) is 5.57 Å². The van der Waals surface area contributed by atoms with Crippen molar-refractivity contribution in [3.05, 3.63) is 12.2 Å². The molecule has 0 rings (SSSR count). The van der Waals surface area contributed by atoms with Gasteiger partial charge in [-0.1, -0.05) is 58.4 Å². The van der Waals surface area contributed by atoms with Crippen LogP contribution in [0.1, 0.15) is 71.6 Å². The molecule has 1 unspecified atom stereocenters. The number of carbonyl (C=O) groups is 1. The molecule has 124 valence electrons. The number of esters is 1. The van der Waals surface area contributed by atoms with E-state index >= 15 is 0 Å². The van der Waals surface area contributed by atoms with E-state index in [9.17, 15) is 18.0 Å². The van der Waals surface area contributed by atoms with Crippen LogP contribution in [-0.2, 0) is 9.53 Å². The first-order valence-electron chi connectivity index (χ1n) is 7.76. The van der Waals surface area contributed by atoms with Crippen molar-refractivity contribution in [1.29, 1.82) is 0 Å². The minimum atomic E-state index is -4.71. The highest BCUT2D eigenvalue weighted by Crippen LogP contribution is 2.25. The fraction of sp³-hybridized carbons (Fsp3) is 0.812. The van der Waals surface area contributed by atoms with Crippen molar-refractivity contribution in [2.75, 3.05) is 0 Å². The van der Waals surface area contributed by atoms with E-state index in [1.165, 1.54) is 32.1 Å². The maximum Gasteiger partial charge on any atom is 0.422 e. The molecule has 0 aliphatic heterocycles. The second-order valence-electron chi connectivity index (χ2n) is 5.46. The summed E-state index contributed by atoms with van der Waals surface area (Å²) in [4.78, 5) is 11.2. The topological polar surface area (TPSA) is 26.3 Å². The van der Waals surface area contributed by atoms with Crippen LogP contribution in [0.15, 0.2) is 12.2 Å². The molecule has 0 amide bonds. The second-order valence-corrected chi connectivity index (χ2v) is 5.46. The number of ether oxygens (including phenoxy) is 1. The maximum atomic E-state index is 12.2. The summed E-state index contributed by atoms with van der Waals surface area (Å²) in [6, 6.07) is 0. The zero-order valence-electron chi connectivity index (χ0n) is 13.1. The molecule has 0 saturated heterocycles. The molecule has 0 heterocycles. The standard InChI is InChI=1S/C16H27F3O2/c1-4-5-6-7-8-9-10-11-12-13(2)21-15(20)14(3)16(17,18)19/h13H,3-12H2,1-2H3. The molecular formula is C16H27F3O2. The molecule has 0 aliphatic rings. The first-order chi connectivity index (χ1) is 9.79. The van der Waals surface area contributed by atoms with Crippen LogP contribution in [0.25, 0.3) is 0 Å². The Morgan fingerprint density at radius 3 is 2.00 bits per heavy atom. The lowest BCUT2D eigenvalue weighted by atomic mass is 10.1. The molecular weight excluding hydrogens is 281 g/mol. The molecule has 0 aromatic rings. The van der Waals surface area contributed by atoms with Crippen molar-refractivity contribution in [3.63, 3.8) is 0 Å². The van der Waals surface area contributed by atoms with Gasteiger partial charge in [0, 0.05) is 0 Å². The number of halogens is 3. The van der Waals surface area contributed by atoms with Gasteiger partial charge in [0.2, 0.25) is 0 Å². The second kappa shape index (κ2) is 10.7. The molecule has 1 atom stereocenters. The van der Waals surface area contributed by atoms with Gasteiger partial charge < -0.3 is 4.74 Å². The van der Waals surface area contributed by atoms with Gasteiger partial charge in [-0.05, 0) is 19.8 Å². The lowest BCUT2D eigenvalue weighted by Gasteiger charge is -2.15. The Hall–Kier alpha value is -1.00. The molecule has 0 N–H and O–H groups in total. The maximum absolute atomic E-state index is 12.2. The molecule has 2 nitrogen and oxygen atoms in total. The van der Waals surface area contributed by atoms with E-state index in [-0.39, 0.29) is 0 Å². The third-order valence-electron chi connectivity index (χ3n) is 3.36. The minimum Gasteiger partial charge on any atom is -0.459 e. The third-order valence-corrected chi connectivity index (χ3v) is 3.36. The van der Waals surface area contributed by atoms with Crippen LogP contribution in [0.4, 0.5) is 13.2 Å². The largest absolute Gasteiger partial charge is 0.459 e. The van der Waals surface area contributed by atoms with Gasteiger partial charge in [-0.2, -0.15) is 13.2 Å². The van der Waals surface area contributed by atoms with Crippen LogP contribution >= 0.6 is 0 Å². The summed E-state index contributed by atoms with van der Waals surface area (Å²) >= 11 is 0. The number of hydrogen-bond donors (Lipinski definition) is 0. The summed E-state index contributed by atoms with van der Waals surface area (Å²) in [7, 11) is 0. The van der Waals surface area contributed by atoms with Crippen molar-refractivity contribution in [3.8, 4) is 0 Å². The van der Waals surface area contributed by atoms with Gasteiger partial charge >= 0.3 is 12.1 Å². The number of carbonyl (C=O) groups excluding carboxylic acids is 1. The summed E-state index contributed by atoms with van der Waals surface area (Å²) in [6.45, 7) is 6.52. The lowest BCUT2D eigenvalue weighted by molar-refractivity contribution is -0.154. The summed E-state index contributed by atoms with van der Waals surface area (Å²) in [6.07, 6.45) is 4.59. The Bertz CT molecular complexity index is 311. The Balaban J connectivity index is 3.65. The van der Waals surface area contributed by atoms with Crippen LogP contribution in [-0.4, -0.2) is 18.2 Å². The highest BCUT2D eigenvalue weighted by molar-refractivity contribution is 5.89. The van der Waals surface area contributed by atoms with Crippen molar-refractivity contribution >= 4 is 5.97 Å². The predicted octanol–water partition coefficient (Wildman–Crippen LogP) is 5.57. The molecule has 0 spiro atoms. The summed E-state index contributed by atoms with van der Waals surface area (Å²) in [5, 5.41) is 0. The molecule has 0 bridgehead atoms.